The van der Waals surface area contributed by atoms with Crippen molar-refractivity contribution in [1.29, 1.82) is 0 Å². The molecule has 1 unspecified atom stereocenters. The average Bonchev–Trinajstić information content (AvgIpc) is 2.77. The van der Waals surface area contributed by atoms with Crippen molar-refractivity contribution < 1.29 is 13.9 Å². The fraction of sp³-hybridized carbons (Fsp3) is 0.391. The van der Waals surface area contributed by atoms with Crippen molar-refractivity contribution in [1.82, 2.24) is 10.6 Å². The number of amides is 1. The van der Waals surface area contributed by atoms with Gasteiger partial charge in [0.2, 0.25) is 0 Å². The molecule has 31 heavy (non-hydrogen) atoms. The zero-order valence-electron chi connectivity index (χ0n) is 17.6. The Labute approximate surface area is 190 Å². The van der Waals surface area contributed by atoms with Crippen molar-refractivity contribution in [2.24, 2.45) is 16.6 Å². The van der Waals surface area contributed by atoms with Crippen LogP contribution < -0.4 is 21.1 Å². The molecule has 0 bridgehead atoms. The largest absolute Gasteiger partial charge is 0.496 e. The Balaban J connectivity index is 1.69. The Bertz CT molecular complexity index is 945. The summed E-state index contributed by atoms with van der Waals surface area (Å²) in [5.74, 6) is 0.303. The van der Waals surface area contributed by atoms with Crippen molar-refractivity contribution in [2.45, 2.75) is 25.7 Å². The second kappa shape index (κ2) is 11.2. The summed E-state index contributed by atoms with van der Waals surface area (Å²) >= 11 is 3.45. The van der Waals surface area contributed by atoms with Crippen LogP contribution in [0.4, 0.5) is 4.39 Å². The van der Waals surface area contributed by atoms with Gasteiger partial charge in [0.05, 0.1) is 7.11 Å². The first-order valence-corrected chi connectivity index (χ1v) is 11.2. The smallest absolute Gasteiger partial charge is 0.258 e. The summed E-state index contributed by atoms with van der Waals surface area (Å²) in [5, 5.41) is 5.93. The normalized spacial score (nSPS) is 16.7. The van der Waals surface area contributed by atoms with E-state index in [1.54, 1.807) is 13.2 Å². The minimum atomic E-state index is -0.460. The second-order valence-electron chi connectivity index (χ2n) is 7.61. The number of aliphatic imine (C=N–C) groups is 1. The maximum absolute atomic E-state index is 14.6. The van der Waals surface area contributed by atoms with Crippen LogP contribution in [0.15, 0.2) is 45.9 Å². The predicted molar refractivity (Wildman–Crippen MR) is 124 cm³/mol. The number of rotatable bonds is 7. The zero-order valence-corrected chi connectivity index (χ0v) is 19.2. The Morgan fingerprint density at radius 2 is 2.19 bits per heavy atom. The monoisotopic (exact) mass is 490 g/mol. The number of methoxy groups -OCH3 is 1. The van der Waals surface area contributed by atoms with Gasteiger partial charge < -0.3 is 15.8 Å². The summed E-state index contributed by atoms with van der Waals surface area (Å²) in [4.78, 5) is 17.1. The molecule has 0 radical (unpaired) electrons. The van der Waals surface area contributed by atoms with Gasteiger partial charge >= 0.3 is 0 Å². The van der Waals surface area contributed by atoms with Gasteiger partial charge in [0.15, 0.2) is 5.96 Å². The van der Waals surface area contributed by atoms with Gasteiger partial charge in [-0.2, -0.15) is 0 Å². The standard InChI is InChI=1S/C23H28BrFN4O2/c1-31-21-10-8-17(24)12-16(21)7-9-18-19(5-2-6-20(18)25)22(30)29-23(26)28-14-15-4-3-11-27-13-15/h2,5-6,8,10,12,15,27H,3-4,7,9,11,13-14H2,1H3,(H3,26,28,29,30). The van der Waals surface area contributed by atoms with E-state index in [0.717, 1.165) is 41.7 Å². The highest BCUT2D eigenvalue weighted by Gasteiger charge is 2.17. The third-order valence-electron chi connectivity index (χ3n) is 5.41. The lowest BCUT2D eigenvalue weighted by molar-refractivity contribution is 0.0975. The number of hydrogen-bond donors (Lipinski definition) is 3. The molecule has 1 fully saturated rings. The Morgan fingerprint density at radius 1 is 1.35 bits per heavy atom. The first-order valence-electron chi connectivity index (χ1n) is 10.4. The highest BCUT2D eigenvalue weighted by Crippen LogP contribution is 2.25. The van der Waals surface area contributed by atoms with E-state index in [1.807, 2.05) is 18.2 Å². The number of carbonyl (C=O) groups is 1. The van der Waals surface area contributed by atoms with E-state index in [0.29, 0.717) is 30.9 Å². The highest BCUT2D eigenvalue weighted by atomic mass is 79.9. The van der Waals surface area contributed by atoms with E-state index in [-0.39, 0.29) is 11.5 Å². The van der Waals surface area contributed by atoms with Crippen LogP contribution in [-0.4, -0.2) is 38.6 Å². The average molecular weight is 491 g/mol. The van der Waals surface area contributed by atoms with Gasteiger partial charge in [-0.05, 0) is 80.6 Å². The Kier molecular flexibility index (Phi) is 8.43. The van der Waals surface area contributed by atoms with Crippen LogP contribution in [0.2, 0.25) is 0 Å². The summed E-state index contributed by atoms with van der Waals surface area (Å²) in [6.45, 7) is 2.48. The zero-order chi connectivity index (χ0) is 22.2. The first kappa shape index (κ1) is 23.2. The van der Waals surface area contributed by atoms with Crippen LogP contribution in [0.3, 0.4) is 0 Å². The molecule has 1 heterocycles. The van der Waals surface area contributed by atoms with Gasteiger partial charge in [0.25, 0.3) is 5.91 Å². The molecule has 6 nitrogen and oxygen atoms in total. The fourth-order valence-corrected chi connectivity index (χ4v) is 4.17. The third kappa shape index (κ3) is 6.51. The highest BCUT2D eigenvalue weighted by molar-refractivity contribution is 9.10. The number of hydrogen-bond acceptors (Lipinski definition) is 4. The minimum Gasteiger partial charge on any atom is -0.496 e. The van der Waals surface area contributed by atoms with Crippen LogP contribution in [0, 0.1) is 11.7 Å². The van der Waals surface area contributed by atoms with Gasteiger partial charge in [0.1, 0.15) is 11.6 Å². The molecule has 8 heteroatoms. The predicted octanol–water partition coefficient (Wildman–Crippen LogP) is 3.43. The number of carbonyl (C=O) groups excluding carboxylic acids is 1. The molecule has 0 aliphatic carbocycles. The molecule has 0 saturated carbocycles. The molecule has 0 spiro atoms. The summed E-state index contributed by atoms with van der Waals surface area (Å²) in [7, 11) is 1.60. The lowest BCUT2D eigenvalue weighted by Crippen LogP contribution is -2.38. The number of benzene rings is 2. The molecular weight excluding hydrogens is 463 g/mol. The van der Waals surface area contributed by atoms with Crippen LogP contribution >= 0.6 is 15.9 Å². The molecule has 166 valence electrons. The minimum absolute atomic E-state index is 0.0550. The summed E-state index contributed by atoms with van der Waals surface area (Å²) in [6, 6.07) is 10.2. The van der Waals surface area contributed by atoms with Gasteiger partial charge in [-0.1, -0.05) is 22.0 Å². The molecule has 2 aromatic rings. The lowest BCUT2D eigenvalue weighted by Gasteiger charge is -2.21. The lowest BCUT2D eigenvalue weighted by atomic mass is 9.98. The van der Waals surface area contributed by atoms with E-state index in [9.17, 15) is 9.18 Å². The molecule has 4 N–H and O–H groups in total. The molecule has 1 aliphatic heterocycles. The molecule has 2 aromatic carbocycles. The number of guanidine groups is 1. The number of halogens is 2. The number of ether oxygens (including phenoxy) is 1. The topological polar surface area (TPSA) is 88.7 Å². The van der Waals surface area contributed by atoms with Gasteiger partial charge in [-0.3, -0.25) is 15.1 Å². The Hall–Kier alpha value is -2.45. The summed E-state index contributed by atoms with van der Waals surface area (Å²) in [6.07, 6.45) is 3.06. The van der Waals surface area contributed by atoms with Crippen molar-refractivity contribution in [3.05, 3.63) is 63.4 Å². The van der Waals surface area contributed by atoms with Gasteiger partial charge in [0, 0.05) is 22.1 Å². The van der Waals surface area contributed by atoms with Crippen molar-refractivity contribution in [3.63, 3.8) is 0 Å². The molecule has 1 saturated heterocycles. The maximum Gasteiger partial charge on any atom is 0.258 e. The van der Waals surface area contributed by atoms with Crippen LogP contribution in [0.5, 0.6) is 5.75 Å². The Morgan fingerprint density at radius 3 is 2.94 bits per heavy atom. The fourth-order valence-electron chi connectivity index (χ4n) is 3.76. The number of aryl methyl sites for hydroxylation is 1. The van der Waals surface area contributed by atoms with Gasteiger partial charge in [-0.15, -0.1) is 0 Å². The number of piperidine rings is 1. The van der Waals surface area contributed by atoms with Crippen molar-refractivity contribution >= 4 is 27.8 Å². The maximum atomic E-state index is 14.6. The van der Waals surface area contributed by atoms with Crippen molar-refractivity contribution in [3.8, 4) is 5.75 Å². The molecule has 1 amide bonds. The molecule has 1 atom stereocenters. The van der Waals surface area contributed by atoms with Crippen LogP contribution in [-0.2, 0) is 12.8 Å². The van der Waals surface area contributed by atoms with E-state index >= 15 is 0 Å². The summed E-state index contributed by atoms with van der Waals surface area (Å²) in [5.41, 5.74) is 7.44. The van der Waals surface area contributed by atoms with Crippen LogP contribution in [0.1, 0.15) is 34.3 Å². The van der Waals surface area contributed by atoms with E-state index in [4.69, 9.17) is 10.5 Å². The third-order valence-corrected chi connectivity index (χ3v) is 5.90. The van der Waals surface area contributed by atoms with E-state index in [1.165, 1.54) is 12.1 Å². The second-order valence-corrected chi connectivity index (χ2v) is 8.53. The molecule has 0 aromatic heterocycles. The number of nitrogens with zero attached hydrogens (tertiary/aromatic N) is 1. The number of nitrogens with one attached hydrogen (secondary N) is 2. The molecule has 1 aliphatic rings. The van der Waals surface area contributed by atoms with E-state index < -0.39 is 11.7 Å². The van der Waals surface area contributed by atoms with Crippen LogP contribution in [0.25, 0.3) is 0 Å². The summed E-state index contributed by atoms with van der Waals surface area (Å²) < 4.78 is 20.9. The number of nitrogens with two attached hydrogens (primary N) is 1. The van der Waals surface area contributed by atoms with E-state index in [2.05, 4.69) is 31.6 Å². The quantitative estimate of drug-likeness (QED) is 0.409. The first-order chi connectivity index (χ1) is 15.0. The SMILES string of the molecule is COc1ccc(Br)cc1CCc1c(F)cccc1C(=O)NC(N)=NCC1CCCNC1. The molecule has 3 rings (SSSR count). The van der Waals surface area contributed by atoms with Crippen molar-refractivity contribution in [2.75, 3.05) is 26.7 Å². The van der Waals surface area contributed by atoms with Gasteiger partial charge in [-0.25, -0.2) is 4.39 Å². The molecular formula is C23H28BrFN4O2.